The highest BCUT2D eigenvalue weighted by Crippen LogP contribution is 2.34. The van der Waals surface area contributed by atoms with Crippen molar-refractivity contribution in [2.45, 2.75) is 19.4 Å². The Morgan fingerprint density at radius 3 is 3.15 bits per heavy atom. The monoisotopic (exact) mass is 335 g/mol. The number of ether oxygens (including phenoxy) is 1. The van der Waals surface area contributed by atoms with Gasteiger partial charge in [-0.25, -0.2) is 0 Å². The molecule has 1 fully saturated rings. The molecule has 20 heavy (non-hydrogen) atoms. The number of hydrogen-bond acceptors (Lipinski definition) is 4. The van der Waals surface area contributed by atoms with Crippen molar-refractivity contribution in [1.29, 1.82) is 0 Å². The van der Waals surface area contributed by atoms with Gasteiger partial charge in [-0.15, -0.1) is 0 Å². The summed E-state index contributed by atoms with van der Waals surface area (Å²) >= 11 is 3.53. The molecule has 2 aromatic rings. The number of rotatable bonds is 1. The molecule has 4 nitrogen and oxygen atoms in total. The van der Waals surface area contributed by atoms with Gasteiger partial charge in [0.1, 0.15) is 0 Å². The summed E-state index contributed by atoms with van der Waals surface area (Å²) < 4.78 is 6.76. The summed E-state index contributed by atoms with van der Waals surface area (Å²) in [5, 5.41) is 1.09. The highest BCUT2D eigenvalue weighted by atomic mass is 79.9. The average molecular weight is 336 g/mol. The first-order valence-corrected chi connectivity index (χ1v) is 7.65. The Kier molecular flexibility index (Phi) is 3.81. The zero-order valence-electron chi connectivity index (χ0n) is 11.5. The third-order valence-corrected chi connectivity index (χ3v) is 4.09. The van der Waals surface area contributed by atoms with Crippen molar-refractivity contribution in [1.82, 2.24) is 4.98 Å². The highest BCUT2D eigenvalue weighted by Gasteiger charge is 2.19. The normalized spacial score (nSPS) is 20.1. The molecule has 1 aromatic heterocycles. The molecule has 1 aromatic carbocycles. The number of pyridine rings is 1. The topological polar surface area (TPSA) is 51.4 Å². The summed E-state index contributed by atoms with van der Waals surface area (Å²) in [4.78, 5) is 6.74. The first-order valence-electron chi connectivity index (χ1n) is 6.85. The number of hydrogen-bond donors (Lipinski definition) is 1. The molecule has 3 rings (SSSR count). The van der Waals surface area contributed by atoms with Crippen molar-refractivity contribution < 1.29 is 4.74 Å². The van der Waals surface area contributed by atoms with Gasteiger partial charge in [-0.1, -0.05) is 15.9 Å². The Morgan fingerprint density at radius 1 is 1.45 bits per heavy atom. The molecular formula is C15H18BrN3O. The summed E-state index contributed by atoms with van der Waals surface area (Å²) in [5.41, 5.74) is 8.98. The van der Waals surface area contributed by atoms with Gasteiger partial charge >= 0.3 is 0 Å². The molecule has 0 amide bonds. The summed E-state index contributed by atoms with van der Waals surface area (Å²) in [5.74, 6) is 0. The number of aromatic nitrogens is 1. The molecule has 0 radical (unpaired) electrons. The second-order valence-electron chi connectivity index (χ2n) is 5.20. The first-order chi connectivity index (χ1) is 9.65. The van der Waals surface area contributed by atoms with Crippen molar-refractivity contribution >= 4 is 38.2 Å². The van der Waals surface area contributed by atoms with Crippen LogP contribution in [0, 0.1) is 0 Å². The van der Waals surface area contributed by atoms with Crippen LogP contribution in [0.4, 0.5) is 11.4 Å². The zero-order valence-corrected chi connectivity index (χ0v) is 13.1. The number of fused-ring (bicyclic) bond motifs is 1. The minimum Gasteiger partial charge on any atom is -0.396 e. The van der Waals surface area contributed by atoms with E-state index in [4.69, 9.17) is 10.5 Å². The molecule has 2 heterocycles. The maximum absolute atomic E-state index is 6.20. The van der Waals surface area contributed by atoms with Gasteiger partial charge in [0.2, 0.25) is 0 Å². The Labute approximate surface area is 127 Å². The molecule has 1 unspecified atom stereocenters. The fraction of sp³-hybridized carbons (Fsp3) is 0.400. The van der Waals surface area contributed by atoms with Gasteiger partial charge < -0.3 is 15.4 Å². The van der Waals surface area contributed by atoms with Gasteiger partial charge in [0.15, 0.2) is 0 Å². The van der Waals surface area contributed by atoms with Gasteiger partial charge in [0.25, 0.3) is 0 Å². The number of anilines is 2. The summed E-state index contributed by atoms with van der Waals surface area (Å²) in [7, 11) is 0. The lowest BCUT2D eigenvalue weighted by Crippen LogP contribution is -2.31. The van der Waals surface area contributed by atoms with Crippen molar-refractivity contribution in [3.05, 3.63) is 28.9 Å². The summed E-state index contributed by atoms with van der Waals surface area (Å²) in [6, 6.07) is 6.11. The van der Waals surface area contributed by atoms with E-state index in [1.807, 2.05) is 12.1 Å². The zero-order chi connectivity index (χ0) is 14.1. The van der Waals surface area contributed by atoms with Crippen molar-refractivity contribution in [2.24, 2.45) is 0 Å². The number of halogens is 1. The largest absolute Gasteiger partial charge is 0.396 e. The van der Waals surface area contributed by atoms with E-state index >= 15 is 0 Å². The van der Waals surface area contributed by atoms with Crippen LogP contribution < -0.4 is 10.6 Å². The van der Waals surface area contributed by atoms with Gasteiger partial charge in [-0.05, 0) is 31.5 Å². The molecule has 0 bridgehead atoms. The lowest BCUT2D eigenvalue weighted by atomic mass is 10.1. The molecule has 1 atom stereocenters. The Bertz CT molecular complexity index is 627. The lowest BCUT2D eigenvalue weighted by molar-refractivity contribution is 0.0821. The summed E-state index contributed by atoms with van der Waals surface area (Å²) in [6.07, 6.45) is 2.98. The Morgan fingerprint density at radius 2 is 2.30 bits per heavy atom. The highest BCUT2D eigenvalue weighted by molar-refractivity contribution is 9.10. The predicted octanol–water partition coefficient (Wildman–Crippen LogP) is 3.19. The predicted molar refractivity (Wildman–Crippen MR) is 86.1 cm³/mol. The molecule has 106 valence electrons. The molecule has 2 N–H and O–H groups in total. The molecule has 0 saturated carbocycles. The van der Waals surface area contributed by atoms with Gasteiger partial charge in [0, 0.05) is 29.6 Å². The maximum atomic E-state index is 6.20. The van der Waals surface area contributed by atoms with E-state index in [-0.39, 0.29) is 6.10 Å². The van der Waals surface area contributed by atoms with Crippen LogP contribution >= 0.6 is 15.9 Å². The lowest BCUT2D eigenvalue weighted by Gasteiger charge is -2.27. The van der Waals surface area contributed by atoms with E-state index in [9.17, 15) is 0 Å². The second kappa shape index (κ2) is 5.58. The Balaban J connectivity index is 2.13. The van der Waals surface area contributed by atoms with Crippen LogP contribution in [0.15, 0.2) is 28.9 Å². The van der Waals surface area contributed by atoms with E-state index in [0.717, 1.165) is 52.9 Å². The smallest absolute Gasteiger partial charge is 0.0745 e. The molecule has 0 aliphatic carbocycles. The van der Waals surface area contributed by atoms with E-state index in [2.05, 4.69) is 38.8 Å². The number of nitrogen functional groups attached to an aromatic ring is 1. The molecule has 0 spiro atoms. The van der Waals surface area contributed by atoms with E-state index in [1.54, 1.807) is 6.20 Å². The molecular weight excluding hydrogens is 318 g/mol. The molecule has 1 aliphatic rings. The Hall–Kier alpha value is -1.33. The summed E-state index contributed by atoms with van der Waals surface area (Å²) in [6.45, 7) is 4.73. The fourth-order valence-electron chi connectivity index (χ4n) is 2.72. The van der Waals surface area contributed by atoms with Crippen LogP contribution in [0.3, 0.4) is 0 Å². The average Bonchev–Trinajstić information content (AvgIpc) is 2.63. The van der Waals surface area contributed by atoms with E-state index < -0.39 is 0 Å². The standard InChI is InChI=1S/C15H18BrN3O/c1-10-9-19(5-2-6-20-10)15-12-7-11(16)3-4-14(12)18-8-13(15)17/h3-4,7-8,10H,2,5-6,9,17H2,1H3. The van der Waals surface area contributed by atoms with Gasteiger partial charge in [0.05, 0.1) is 29.2 Å². The van der Waals surface area contributed by atoms with Gasteiger partial charge in [-0.3, -0.25) is 4.98 Å². The minimum atomic E-state index is 0.215. The third-order valence-electron chi connectivity index (χ3n) is 3.60. The van der Waals surface area contributed by atoms with E-state index in [1.165, 1.54) is 0 Å². The SMILES string of the molecule is CC1CN(c2c(N)cnc3ccc(Br)cc23)CCCO1. The second-order valence-corrected chi connectivity index (χ2v) is 6.12. The van der Waals surface area contributed by atoms with Crippen LogP contribution in [0.1, 0.15) is 13.3 Å². The first kappa shape index (κ1) is 13.6. The third kappa shape index (κ3) is 2.60. The van der Waals surface area contributed by atoms with Crippen LogP contribution in [0.2, 0.25) is 0 Å². The van der Waals surface area contributed by atoms with Crippen molar-refractivity contribution in [3.8, 4) is 0 Å². The van der Waals surface area contributed by atoms with E-state index in [0.29, 0.717) is 0 Å². The van der Waals surface area contributed by atoms with Crippen LogP contribution in [0.5, 0.6) is 0 Å². The minimum absolute atomic E-state index is 0.215. The van der Waals surface area contributed by atoms with Crippen LogP contribution in [-0.4, -0.2) is 30.8 Å². The fourth-order valence-corrected chi connectivity index (χ4v) is 3.08. The van der Waals surface area contributed by atoms with Crippen molar-refractivity contribution in [2.75, 3.05) is 30.3 Å². The van der Waals surface area contributed by atoms with Crippen LogP contribution in [0.25, 0.3) is 10.9 Å². The maximum Gasteiger partial charge on any atom is 0.0745 e. The van der Waals surface area contributed by atoms with Crippen LogP contribution in [-0.2, 0) is 4.74 Å². The molecule has 1 aliphatic heterocycles. The number of nitrogens with zero attached hydrogens (tertiary/aromatic N) is 2. The molecule has 5 heteroatoms. The number of benzene rings is 1. The van der Waals surface area contributed by atoms with Gasteiger partial charge in [-0.2, -0.15) is 0 Å². The quantitative estimate of drug-likeness (QED) is 0.869. The van der Waals surface area contributed by atoms with Crippen molar-refractivity contribution in [3.63, 3.8) is 0 Å². The molecule has 1 saturated heterocycles. The number of nitrogens with two attached hydrogens (primary N) is 1.